The van der Waals surface area contributed by atoms with E-state index >= 15 is 0 Å². The molecule has 0 saturated carbocycles. The van der Waals surface area contributed by atoms with Gasteiger partial charge < -0.3 is 20.5 Å². The molecule has 3 N–H and O–H groups in total. The lowest BCUT2D eigenvalue weighted by Gasteiger charge is -2.11. The average molecular weight is 313 g/mol. The van der Waals surface area contributed by atoms with Crippen molar-refractivity contribution < 1.29 is 19.4 Å². The van der Waals surface area contributed by atoms with Crippen LogP contribution in [0.4, 0.5) is 5.69 Å². The third-order valence-electron chi connectivity index (χ3n) is 3.23. The summed E-state index contributed by atoms with van der Waals surface area (Å²) in [6.07, 6.45) is 1.00. The first-order valence-corrected chi connectivity index (χ1v) is 7.05. The van der Waals surface area contributed by atoms with Gasteiger partial charge in [-0.25, -0.2) is 4.79 Å². The number of ether oxygens (including phenoxy) is 1. The quantitative estimate of drug-likeness (QED) is 0.742. The van der Waals surface area contributed by atoms with Crippen LogP contribution < -0.4 is 10.6 Å². The third kappa shape index (κ3) is 4.70. The van der Waals surface area contributed by atoms with Crippen LogP contribution in [0.2, 0.25) is 5.02 Å². The monoisotopic (exact) mass is 312 g/mol. The largest absolute Gasteiger partial charge is 0.478 e. The highest BCUT2D eigenvalue weighted by molar-refractivity contribution is 6.33. The fourth-order valence-electron chi connectivity index (χ4n) is 2.08. The Morgan fingerprint density at radius 1 is 1.43 bits per heavy atom. The molecular weight excluding hydrogens is 296 g/mol. The molecule has 0 radical (unpaired) electrons. The molecule has 1 saturated heterocycles. The number of hydrogen-bond acceptors (Lipinski definition) is 4. The second-order valence-corrected chi connectivity index (χ2v) is 5.32. The van der Waals surface area contributed by atoms with Gasteiger partial charge in [-0.2, -0.15) is 0 Å². The Hall–Kier alpha value is -1.63. The third-order valence-corrected chi connectivity index (χ3v) is 3.56. The minimum absolute atomic E-state index is 0.0748. The highest BCUT2D eigenvalue weighted by Gasteiger charge is 2.15. The van der Waals surface area contributed by atoms with E-state index in [0.717, 1.165) is 26.2 Å². The van der Waals surface area contributed by atoms with Gasteiger partial charge in [-0.15, -0.1) is 0 Å². The van der Waals surface area contributed by atoms with Gasteiger partial charge in [0.05, 0.1) is 29.4 Å². The van der Waals surface area contributed by atoms with Crippen molar-refractivity contribution in [3.8, 4) is 0 Å². The van der Waals surface area contributed by atoms with Crippen LogP contribution in [-0.2, 0) is 9.53 Å². The zero-order valence-electron chi connectivity index (χ0n) is 11.4. The Bertz CT molecular complexity index is 530. The molecule has 1 unspecified atom stereocenters. The molecule has 2 rings (SSSR count). The molecular formula is C14H17ClN2O4. The second-order valence-electron chi connectivity index (χ2n) is 4.91. The van der Waals surface area contributed by atoms with Crippen molar-refractivity contribution in [2.75, 3.05) is 31.6 Å². The van der Waals surface area contributed by atoms with Gasteiger partial charge in [0.1, 0.15) is 0 Å². The molecule has 1 fully saturated rings. The number of rotatable bonds is 6. The van der Waals surface area contributed by atoms with Gasteiger partial charge in [0.25, 0.3) is 0 Å². The molecule has 1 heterocycles. The van der Waals surface area contributed by atoms with E-state index in [1.807, 2.05) is 0 Å². The maximum Gasteiger partial charge on any atom is 0.335 e. The SMILES string of the molecule is O=C(CNCC1CCOC1)Nc1cc(C(=O)O)ccc1Cl. The summed E-state index contributed by atoms with van der Waals surface area (Å²) in [5.41, 5.74) is 0.373. The summed E-state index contributed by atoms with van der Waals surface area (Å²) < 4.78 is 5.25. The first-order chi connectivity index (χ1) is 10.1. The van der Waals surface area contributed by atoms with Crippen molar-refractivity contribution in [1.82, 2.24) is 5.32 Å². The zero-order chi connectivity index (χ0) is 15.2. The van der Waals surface area contributed by atoms with E-state index < -0.39 is 5.97 Å². The molecule has 0 aromatic heterocycles. The van der Waals surface area contributed by atoms with Crippen LogP contribution in [0.15, 0.2) is 18.2 Å². The van der Waals surface area contributed by atoms with Gasteiger partial charge in [-0.3, -0.25) is 4.79 Å². The maximum absolute atomic E-state index is 11.8. The van der Waals surface area contributed by atoms with E-state index in [4.69, 9.17) is 21.4 Å². The van der Waals surface area contributed by atoms with Crippen LogP contribution in [0.5, 0.6) is 0 Å². The molecule has 0 spiro atoms. The Morgan fingerprint density at radius 3 is 2.90 bits per heavy atom. The van der Waals surface area contributed by atoms with Crippen LogP contribution >= 0.6 is 11.6 Å². The molecule has 21 heavy (non-hydrogen) atoms. The van der Waals surface area contributed by atoms with E-state index in [2.05, 4.69) is 10.6 Å². The lowest BCUT2D eigenvalue weighted by atomic mass is 10.1. The molecule has 114 valence electrons. The summed E-state index contributed by atoms with van der Waals surface area (Å²) >= 11 is 5.94. The highest BCUT2D eigenvalue weighted by atomic mass is 35.5. The number of benzene rings is 1. The van der Waals surface area contributed by atoms with Gasteiger partial charge in [0.2, 0.25) is 5.91 Å². The van der Waals surface area contributed by atoms with Gasteiger partial charge in [0.15, 0.2) is 0 Å². The van der Waals surface area contributed by atoms with E-state index in [0.29, 0.717) is 16.6 Å². The fourth-order valence-corrected chi connectivity index (χ4v) is 2.25. The van der Waals surface area contributed by atoms with Gasteiger partial charge >= 0.3 is 5.97 Å². The van der Waals surface area contributed by atoms with Crippen LogP contribution in [0.1, 0.15) is 16.8 Å². The summed E-state index contributed by atoms with van der Waals surface area (Å²) in [5.74, 6) is -0.892. The van der Waals surface area contributed by atoms with E-state index in [-0.39, 0.29) is 18.0 Å². The van der Waals surface area contributed by atoms with Crippen molar-refractivity contribution >= 4 is 29.2 Å². The number of halogens is 1. The van der Waals surface area contributed by atoms with E-state index in [1.54, 1.807) is 0 Å². The van der Waals surface area contributed by atoms with Crippen LogP contribution in [0, 0.1) is 5.92 Å². The minimum Gasteiger partial charge on any atom is -0.478 e. The second kappa shape index (κ2) is 7.40. The number of amides is 1. The number of aromatic carboxylic acids is 1. The summed E-state index contributed by atoms with van der Waals surface area (Å²) in [5, 5.41) is 14.9. The normalized spacial score (nSPS) is 17.7. The van der Waals surface area contributed by atoms with Crippen LogP contribution in [0.25, 0.3) is 0 Å². The van der Waals surface area contributed by atoms with E-state index in [9.17, 15) is 9.59 Å². The lowest BCUT2D eigenvalue weighted by molar-refractivity contribution is -0.115. The predicted molar refractivity (Wildman–Crippen MR) is 78.8 cm³/mol. The van der Waals surface area contributed by atoms with Gasteiger partial charge in [0, 0.05) is 13.2 Å². The molecule has 1 aromatic carbocycles. The first kappa shape index (κ1) is 15.8. The minimum atomic E-state index is -1.07. The standard InChI is InChI=1S/C14H17ClN2O4/c15-11-2-1-10(14(19)20)5-12(11)17-13(18)7-16-6-9-3-4-21-8-9/h1-2,5,9,16H,3-4,6-8H2,(H,17,18)(H,19,20). The topological polar surface area (TPSA) is 87.7 Å². The summed E-state index contributed by atoms with van der Waals surface area (Å²) in [6.45, 7) is 2.36. The van der Waals surface area contributed by atoms with Crippen LogP contribution in [-0.4, -0.2) is 43.3 Å². The molecule has 1 aromatic rings. The smallest absolute Gasteiger partial charge is 0.335 e. The Morgan fingerprint density at radius 2 is 2.24 bits per heavy atom. The Labute approximate surface area is 127 Å². The number of anilines is 1. The van der Waals surface area contributed by atoms with Crippen molar-refractivity contribution in [3.05, 3.63) is 28.8 Å². The van der Waals surface area contributed by atoms with Crippen molar-refractivity contribution in [3.63, 3.8) is 0 Å². The van der Waals surface area contributed by atoms with Crippen LogP contribution in [0.3, 0.4) is 0 Å². The van der Waals surface area contributed by atoms with Gasteiger partial charge in [-0.05, 0) is 30.5 Å². The lowest BCUT2D eigenvalue weighted by Crippen LogP contribution is -2.32. The van der Waals surface area contributed by atoms with Crippen molar-refractivity contribution in [2.45, 2.75) is 6.42 Å². The highest BCUT2D eigenvalue weighted by Crippen LogP contribution is 2.23. The first-order valence-electron chi connectivity index (χ1n) is 6.67. The molecule has 6 nitrogen and oxygen atoms in total. The van der Waals surface area contributed by atoms with E-state index in [1.165, 1.54) is 18.2 Å². The summed E-state index contributed by atoms with van der Waals surface area (Å²) in [7, 11) is 0. The summed E-state index contributed by atoms with van der Waals surface area (Å²) in [4.78, 5) is 22.7. The molecule has 1 aliphatic heterocycles. The Balaban J connectivity index is 1.84. The fraction of sp³-hybridized carbons (Fsp3) is 0.429. The number of carboxylic acid groups (broad SMARTS) is 1. The van der Waals surface area contributed by atoms with Crippen molar-refractivity contribution in [2.24, 2.45) is 5.92 Å². The molecule has 1 amide bonds. The summed E-state index contributed by atoms with van der Waals surface area (Å²) in [6, 6.07) is 4.18. The molecule has 0 aliphatic carbocycles. The predicted octanol–water partition coefficient (Wildman–Crippen LogP) is 1.60. The number of carbonyl (C=O) groups excluding carboxylic acids is 1. The molecule has 1 atom stereocenters. The molecule has 7 heteroatoms. The number of carbonyl (C=O) groups is 2. The van der Waals surface area contributed by atoms with Gasteiger partial charge in [-0.1, -0.05) is 11.6 Å². The molecule has 0 bridgehead atoms. The zero-order valence-corrected chi connectivity index (χ0v) is 12.2. The maximum atomic E-state index is 11.8. The number of nitrogens with one attached hydrogen (secondary N) is 2. The average Bonchev–Trinajstić information content (AvgIpc) is 2.94. The number of carboxylic acids is 1. The van der Waals surface area contributed by atoms with Crippen molar-refractivity contribution in [1.29, 1.82) is 0 Å². The number of hydrogen-bond donors (Lipinski definition) is 3. The Kier molecular flexibility index (Phi) is 5.55. The molecule has 1 aliphatic rings.